The van der Waals surface area contributed by atoms with E-state index in [-0.39, 0.29) is 49.6 Å². The normalized spacial score (nSPS) is 30.1. The van der Waals surface area contributed by atoms with Crippen LogP contribution in [0, 0.1) is 0 Å². The summed E-state index contributed by atoms with van der Waals surface area (Å²) < 4.78 is 49.0. The van der Waals surface area contributed by atoms with Gasteiger partial charge in [0.15, 0.2) is 0 Å². The van der Waals surface area contributed by atoms with Crippen LogP contribution in [0.1, 0.15) is 49.9 Å². The van der Waals surface area contributed by atoms with Gasteiger partial charge >= 0.3 is 0 Å². The molecular formula is C38H38O8. The Kier molecular flexibility index (Phi) is 7.41. The van der Waals surface area contributed by atoms with E-state index in [0.29, 0.717) is 23.7 Å². The lowest BCUT2D eigenvalue weighted by atomic mass is 9.65. The Morgan fingerprint density at radius 3 is 1.07 bits per heavy atom. The number of rotatable bonds is 13. The molecule has 8 unspecified atom stereocenters. The second-order valence-corrected chi connectivity index (χ2v) is 12.5. The van der Waals surface area contributed by atoms with Crippen molar-refractivity contribution >= 4 is 0 Å². The Balaban J connectivity index is 1.38. The molecule has 4 aromatic rings. The summed E-state index contributed by atoms with van der Waals surface area (Å²) in [6, 6.07) is 32.6. The topological polar surface area (TPSA) is 87.0 Å². The van der Waals surface area contributed by atoms with E-state index in [9.17, 15) is 0 Å². The molecule has 238 valence electrons. The van der Waals surface area contributed by atoms with Crippen molar-refractivity contribution in [3.63, 3.8) is 0 Å². The van der Waals surface area contributed by atoms with Crippen molar-refractivity contribution in [3.8, 4) is 23.0 Å². The molecule has 0 N–H and O–H groups in total. The highest BCUT2D eigenvalue weighted by Gasteiger charge is 2.48. The van der Waals surface area contributed by atoms with Gasteiger partial charge in [-0.2, -0.15) is 0 Å². The van der Waals surface area contributed by atoms with Crippen molar-refractivity contribution in [1.82, 2.24) is 0 Å². The predicted molar refractivity (Wildman–Crippen MR) is 169 cm³/mol. The molecular weight excluding hydrogens is 584 g/mol. The predicted octanol–water partition coefficient (Wildman–Crippen LogP) is 6.76. The van der Waals surface area contributed by atoms with Crippen molar-refractivity contribution in [2.75, 3.05) is 0 Å². The SMILES string of the molecule is CC1OC1Oc1ccccc1CC(c1ccccc1OC1OC1C)(c1ccccc1OC1OC1C)c1ccccc1OC1OC1C. The van der Waals surface area contributed by atoms with Crippen LogP contribution < -0.4 is 18.9 Å². The number of hydrogen-bond acceptors (Lipinski definition) is 8. The van der Waals surface area contributed by atoms with Gasteiger partial charge in [0.1, 0.15) is 47.4 Å². The summed E-state index contributed by atoms with van der Waals surface area (Å²) >= 11 is 0. The first-order chi connectivity index (χ1) is 22.4. The van der Waals surface area contributed by atoms with E-state index < -0.39 is 5.41 Å². The van der Waals surface area contributed by atoms with Gasteiger partial charge in [0.2, 0.25) is 25.2 Å². The average molecular weight is 623 g/mol. The molecule has 0 radical (unpaired) electrons. The Morgan fingerprint density at radius 1 is 0.435 bits per heavy atom. The summed E-state index contributed by atoms with van der Waals surface area (Å²) in [5.74, 6) is 2.90. The zero-order valence-electron chi connectivity index (χ0n) is 26.3. The molecule has 0 saturated carbocycles. The third-order valence-electron chi connectivity index (χ3n) is 9.06. The first-order valence-electron chi connectivity index (χ1n) is 16.1. The summed E-state index contributed by atoms with van der Waals surface area (Å²) in [6.07, 6.45) is -0.743. The molecule has 8 atom stereocenters. The number of para-hydroxylation sites is 4. The average Bonchev–Trinajstić information content (AvgIpc) is 3.99. The van der Waals surface area contributed by atoms with Gasteiger partial charge in [0.25, 0.3) is 0 Å². The quantitative estimate of drug-likeness (QED) is 0.119. The Hall–Kier alpha value is -4.08. The van der Waals surface area contributed by atoms with E-state index in [4.69, 9.17) is 37.9 Å². The van der Waals surface area contributed by atoms with E-state index in [1.165, 1.54) is 0 Å². The van der Waals surface area contributed by atoms with Crippen LogP contribution in [0.4, 0.5) is 0 Å². The molecule has 4 aliphatic rings. The third-order valence-corrected chi connectivity index (χ3v) is 9.06. The van der Waals surface area contributed by atoms with Gasteiger partial charge in [-0.1, -0.05) is 72.8 Å². The second kappa shape index (κ2) is 11.6. The van der Waals surface area contributed by atoms with Crippen molar-refractivity contribution in [2.45, 2.75) is 89.1 Å². The van der Waals surface area contributed by atoms with Gasteiger partial charge in [-0.15, -0.1) is 0 Å². The molecule has 4 heterocycles. The van der Waals surface area contributed by atoms with Gasteiger partial charge in [0.05, 0.1) is 5.41 Å². The molecule has 8 rings (SSSR count). The molecule has 46 heavy (non-hydrogen) atoms. The van der Waals surface area contributed by atoms with E-state index in [1.54, 1.807) is 0 Å². The molecule has 0 amide bonds. The second-order valence-electron chi connectivity index (χ2n) is 12.5. The largest absolute Gasteiger partial charge is 0.462 e. The maximum absolute atomic E-state index is 6.57. The maximum Gasteiger partial charge on any atom is 0.226 e. The fourth-order valence-corrected chi connectivity index (χ4v) is 6.20. The van der Waals surface area contributed by atoms with Crippen molar-refractivity contribution in [3.05, 3.63) is 119 Å². The molecule has 4 aliphatic heterocycles. The van der Waals surface area contributed by atoms with Crippen LogP contribution in [-0.4, -0.2) is 49.6 Å². The standard InChI is InChI=1S/C38H38O8/c1-22-34(39-22)43-30-17-9-5-13-26(30)21-38(27-14-6-10-18-31(27)44-35-23(2)40-35,28-15-7-11-19-32(28)45-36-24(3)41-36)29-16-8-12-20-33(29)46-37-25(4)42-37/h5-20,22-25,34-37H,21H2,1-4H3. The lowest BCUT2D eigenvalue weighted by Gasteiger charge is -2.39. The smallest absolute Gasteiger partial charge is 0.226 e. The number of hydrogen-bond donors (Lipinski definition) is 0. The van der Waals surface area contributed by atoms with Crippen molar-refractivity contribution < 1.29 is 37.9 Å². The third kappa shape index (κ3) is 5.71. The minimum atomic E-state index is -0.909. The van der Waals surface area contributed by atoms with Crippen molar-refractivity contribution in [1.29, 1.82) is 0 Å². The number of benzene rings is 4. The van der Waals surface area contributed by atoms with Crippen LogP contribution in [0.3, 0.4) is 0 Å². The zero-order chi connectivity index (χ0) is 31.4. The summed E-state index contributed by atoms with van der Waals surface area (Å²) in [5.41, 5.74) is 2.89. The molecule has 0 aromatic heterocycles. The van der Waals surface area contributed by atoms with Crippen LogP contribution in [0.25, 0.3) is 0 Å². The fraction of sp³-hybridized carbons (Fsp3) is 0.368. The van der Waals surface area contributed by atoms with E-state index >= 15 is 0 Å². The molecule has 0 aliphatic carbocycles. The first kappa shape index (κ1) is 29.3. The van der Waals surface area contributed by atoms with Gasteiger partial charge in [-0.05, 0) is 63.9 Å². The fourth-order valence-electron chi connectivity index (χ4n) is 6.20. The number of epoxide rings is 4. The highest BCUT2D eigenvalue weighted by Crippen LogP contribution is 2.53. The summed E-state index contributed by atoms with van der Waals surface area (Å²) in [5, 5.41) is 0. The van der Waals surface area contributed by atoms with Crippen LogP contribution >= 0.6 is 0 Å². The van der Waals surface area contributed by atoms with Crippen molar-refractivity contribution in [2.24, 2.45) is 0 Å². The Labute approximate surface area is 269 Å². The molecule has 4 aromatic carbocycles. The summed E-state index contributed by atoms with van der Waals surface area (Å²) in [4.78, 5) is 0. The van der Waals surface area contributed by atoms with Gasteiger partial charge < -0.3 is 37.9 Å². The first-order valence-corrected chi connectivity index (χ1v) is 16.1. The number of ether oxygens (including phenoxy) is 8. The molecule has 0 spiro atoms. The highest BCUT2D eigenvalue weighted by molar-refractivity contribution is 5.63. The Morgan fingerprint density at radius 2 is 0.717 bits per heavy atom. The van der Waals surface area contributed by atoms with E-state index in [0.717, 1.165) is 28.0 Å². The molecule has 0 bridgehead atoms. The van der Waals surface area contributed by atoms with Gasteiger partial charge in [-0.25, -0.2) is 0 Å². The minimum Gasteiger partial charge on any atom is -0.462 e. The molecule has 8 heteroatoms. The van der Waals surface area contributed by atoms with E-state index in [2.05, 4.69) is 24.3 Å². The highest BCUT2D eigenvalue weighted by atomic mass is 16.8. The monoisotopic (exact) mass is 622 g/mol. The summed E-state index contributed by atoms with van der Waals surface area (Å²) in [6.45, 7) is 8.04. The Bertz CT molecular complexity index is 1570. The maximum atomic E-state index is 6.57. The van der Waals surface area contributed by atoms with E-state index in [1.807, 2.05) is 100 Å². The zero-order valence-corrected chi connectivity index (χ0v) is 26.3. The van der Waals surface area contributed by atoms with Crippen LogP contribution in [0.2, 0.25) is 0 Å². The summed E-state index contributed by atoms with van der Waals surface area (Å²) in [7, 11) is 0. The van der Waals surface area contributed by atoms with Gasteiger partial charge in [0, 0.05) is 16.7 Å². The molecule has 8 nitrogen and oxygen atoms in total. The van der Waals surface area contributed by atoms with Gasteiger partial charge in [-0.3, -0.25) is 0 Å². The van der Waals surface area contributed by atoms with Crippen LogP contribution in [0.15, 0.2) is 97.1 Å². The minimum absolute atomic E-state index is 0.00496. The lowest BCUT2D eigenvalue weighted by molar-refractivity contribution is 0.168. The molecule has 4 fully saturated rings. The lowest BCUT2D eigenvalue weighted by Crippen LogP contribution is -2.34. The van der Waals surface area contributed by atoms with Crippen LogP contribution in [-0.2, 0) is 30.8 Å². The van der Waals surface area contributed by atoms with Crippen LogP contribution in [0.5, 0.6) is 23.0 Å². The molecule has 4 saturated heterocycles.